The molecule has 0 amide bonds. The van der Waals surface area contributed by atoms with Crippen molar-refractivity contribution in [2.45, 2.75) is 78.1 Å². The fraction of sp³-hybridized carbons (Fsp3) is 1.00. The summed E-state index contributed by atoms with van der Waals surface area (Å²) in [7, 11) is 0. The fourth-order valence-electron chi connectivity index (χ4n) is 3.02. The van der Waals surface area contributed by atoms with Gasteiger partial charge in [0.2, 0.25) is 0 Å². The summed E-state index contributed by atoms with van der Waals surface area (Å²) in [5, 5.41) is 0. The first-order chi connectivity index (χ1) is 6.86. The predicted molar refractivity (Wildman–Crippen MR) is 64.5 cm³/mol. The molecule has 0 aliphatic heterocycles. The van der Waals surface area contributed by atoms with Crippen molar-refractivity contribution in [1.82, 2.24) is 0 Å². The standard InChI is InChI=1S/C14H28/c1-3-7-13-9-5-6-10-14(8-4-2)12-11-13/h13-14H,3-12H2,1-2H3. The second kappa shape index (κ2) is 7.31. The average Bonchev–Trinajstić information content (AvgIpc) is 2.15. The van der Waals surface area contributed by atoms with E-state index in [1.165, 1.54) is 64.2 Å². The molecule has 0 aromatic heterocycles. The third-order valence-corrected chi connectivity index (χ3v) is 3.85. The summed E-state index contributed by atoms with van der Waals surface area (Å²) in [5.74, 6) is 2.14. The molecule has 2 unspecified atom stereocenters. The van der Waals surface area contributed by atoms with Gasteiger partial charge in [-0.15, -0.1) is 0 Å². The zero-order valence-electron chi connectivity index (χ0n) is 10.2. The van der Waals surface area contributed by atoms with Gasteiger partial charge in [0.25, 0.3) is 0 Å². The van der Waals surface area contributed by atoms with Crippen LogP contribution < -0.4 is 0 Å². The molecule has 2 atom stereocenters. The van der Waals surface area contributed by atoms with Crippen molar-refractivity contribution < 1.29 is 0 Å². The van der Waals surface area contributed by atoms with Crippen LogP contribution in [0.4, 0.5) is 0 Å². The highest BCUT2D eigenvalue weighted by molar-refractivity contribution is 4.68. The Morgan fingerprint density at radius 1 is 0.714 bits per heavy atom. The van der Waals surface area contributed by atoms with Crippen molar-refractivity contribution >= 4 is 0 Å². The summed E-state index contributed by atoms with van der Waals surface area (Å²) < 4.78 is 0. The first-order valence-corrected chi connectivity index (χ1v) is 6.86. The maximum atomic E-state index is 2.34. The van der Waals surface area contributed by atoms with Gasteiger partial charge in [-0.1, -0.05) is 78.1 Å². The Morgan fingerprint density at radius 2 is 1.14 bits per heavy atom. The Hall–Kier alpha value is 0. The molecule has 1 rings (SSSR count). The van der Waals surface area contributed by atoms with Gasteiger partial charge in [-0.3, -0.25) is 0 Å². The topological polar surface area (TPSA) is 0 Å². The Balaban J connectivity index is 2.26. The predicted octanol–water partition coefficient (Wildman–Crippen LogP) is 5.17. The Labute approximate surface area is 90.5 Å². The molecule has 1 saturated carbocycles. The molecule has 0 saturated heterocycles. The van der Waals surface area contributed by atoms with Gasteiger partial charge in [0.1, 0.15) is 0 Å². The number of hydrogen-bond donors (Lipinski definition) is 0. The van der Waals surface area contributed by atoms with Gasteiger partial charge in [-0.25, -0.2) is 0 Å². The Kier molecular flexibility index (Phi) is 6.31. The summed E-state index contributed by atoms with van der Waals surface area (Å²) in [4.78, 5) is 0. The van der Waals surface area contributed by atoms with Crippen molar-refractivity contribution in [2.24, 2.45) is 11.8 Å². The minimum atomic E-state index is 1.07. The smallest absolute Gasteiger partial charge is 0.0414 e. The van der Waals surface area contributed by atoms with Crippen LogP contribution in [0, 0.1) is 11.8 Å². The Bertz CT molecular complexity index is 112. The fourth-order valence-corrected chi connectivity index (χ4v) is 3.02. The first-order valence-electron chi connectivity index (χ1n) is 6.86. The number of hydrogen-bond acceptors (Lipinski definition) is 0. The van der Waals surface area contributed by atoms with Crippen LogP contribution in [0.3, 0.4) is 0 Å². The van der Waals surface area contributed by atoms with E-state index in [2.05, 4.69) is 13.8 Å². The van der Waals surface area contributed by atoms with Gasteiger partial charge < -0.3 is 0 Å². The molecular weight excluding hydrogens is 168 g/mol. The van der Waals surface area contributed by atoms with Crippen LogP contribution in [0.15, 0.2) is 0 Å². The minimum absolute atomic E-state index is 1.07. The normalized spacial score (nSPS) is 29.6. The van der Waals surface area contributed by atoms with Crippen LogP contribution in [0.25, 0.3) is 0 Å². The zero-order valence-corrected chi connectivity index (χ0v) is 10.2. The molecule has 14 heavy (non-hydrogen) atoms. The van der Waals surface area contributed by atoms with Gasteiger partial charge in [0.15, 0.2) is 0 Å². The van der Waals surface area contributed by atoms with Crippen LogP contribution in [0.5, 0.6) is 0 Å². The molecule has 0 heteroatoms. The molecule has 0 aromatic carbocycles. The molecular formula is C14H28. The lowest BCUT2D eigenvalue weighted by molar-refractivity contribution is 0.288. The molecule has 0 radical (unpaired) electrons. The SMILES string of the molecule is CCCC1CCCCC(CCC)CC1. The molecule has 0 heterocycles. The van der Waals surface area contributed by atoms with Crippen molar-refractivity contribution in [1.29, 1.82) is 0 Å². The van der Waals surface area contributed by atoms with Gasteiger partial charge in [0.05, 0.1) is 0 Å². The molecule has 84 valence electrons. The van der Waals surface area contributed by atoms with Gasteiger partial charge >= 0.3 is 0 Å². The van der Waals surface area contributed by atoms with E-state index >= 15 is 0 Å². The summed E-state index contributed by atoms with van der Waals surface area (Å²) in [5.41, 5.74) is 0. The van der Waals surface area contributed by atoms with E-state index in [4.69, 9.17) is 0 Å². The summed E-state index contributed by atoms with van der Waals surface area (Å²) >= 11 is 0. The molecule has 0 N–H and O–H groups in total. The van der Waals surface area contributed by atoms with Crippen molar-refractivity contribution in [3.05, 3.63) is 0 Å². The lowest BCUT2D eigenvalue weighted by Crippen LogP contribution is -2.10. The van der Waals surface area contributed by atoms with Crippen LogP contribution >= 0.6 is 0 Å². The monoisotopic (exact) mass is 196 g/mol. The lowest BCUT2D eigenvalue weighted by atomic mass is 9.82. The maximum Gasteiger partial charge on any atom is -0.0414 e. The van der Waals surface area contributed by atoms with Gasteiger partial charge in [0, 0.05) is 0 Å². The number of rotatable bonds is 4. The van der Waals surface area contributed by atoms with E-state index in [1.54, 1.807) is 0 Å². The quantitative estimate of drug-likeness (QED) is 0.581. The third kappa shape index (κ3) is 4.48. The summed E-state index contributed by atoms with van der Waals surface area (Å²) in [6.45, 7) is 4.67. The van der Waals surface area contributed by atoms with Crippen molar-refractivity contribution in [3.8, 4) is 0 Å². The van der Waals surface area contributed by atoms with Crippen LogP contribution in [0.1, 0.15) is 78.1 Å². The molecule has 1 aliphatic rings. The van der Waals surface area contributed by atoms with E-state index in [1.807, 2.05) is 0 Å². The molecule has 0 bridgehead atoms. The van der Waals surface area contributed by atoms with Gasteiger partial charge in [-0.05, 0) is 11.8 Å². The van der Waals surface area contributed by atoms with E-state index in [9.17, 15) is 0 Å². The average molecular weight is 196 g/mol. The zero-order chi connectivity index (χ0) is 10.2. The highest BCUT2D eigenvalue weighted by Crippen LogP contribution is 2.30. The molecule has 1 aliphatic carbocycles. The highest BCUT2D eigenvalue weighted by Gasteiger charge is 2.15. The third-order valence-electron chi connectivity index (χ3n) is 3.85. The molecule has 0 aromatic rings. The second-order valence-electron chi connectivity index (χ2n) is 5.17. The summed E-state index contributed by atoms with van der Waals surface area (Å²) in [6.07, 6.45) is 14.9. The van der Waals surface area contributed by atoms with E-state index in [0.29, 0.717) is 0 Å². The van der Waals surface area contributed by atoms with E-state index < -0.39 is 0 Å². The van der Waals surface area contributed by atoms with Crippen LogP contribution in [-0.4, -0.2) is 0 Å². The van der Waals surface area contributed by atoms with Crippen LogP contribution in [-0.2, 0) is 0 Å². The van der Waals surface area contributed by atoms with Crippen LogP contribution in [0.2, 0.25) is 0 Å². The first kappa shape index (κ1) is 12.1. The molecule has 0 nitrogen and oxygen atoms in total. The second-order valence-corrected chi connectivity index (χ2v) is 5.17. The Morgan fingerprint density at radius 3 is 1.50 bits per heavy atom. The molecule has 1 fully saturated rings. The largest absolute Gasteiger partial charge is 0.0654 e. The van der Waals surface area contributed by atoms with Crippen molar-refractivity contribution in [3.63, 3.8) is 0 Å². The van der Waals surface area contributed by atoms with Crippen molar-refractivity contribution in [2.75, 3.05) is 0 Å². The maximum absolute atomic E-state index is 2.34. The van der Waals surface area contributed by atoms with Gasteiger partial charge in [-0.2, -0.15) is 0 Å². The highest BCUT2D eigenvalue weighted by atomic mass is 14.2. The van der Waals surface area contributed by atoms with E-state index in [-0.39, 0.29) is 0 Å². The lowest BCUT2D eigenvalue weighted by Gasteiger charge is -2.24. The summed E-state index contributed by atoms with van der Waals surface area (Å²) in [6, 6.07) is 0. The van der Waals surface area contributed by atoms with E-state index in [0.717, 1.165) is 11.8 Å². The minimum Gasteiger partial charge on any atom is -0.0654 e. The molecule has 0 spiro atoms.